The highest BCUT2D eigenvalue weighted by atomic mass is 16.5. The van der Waals surface area contributed by atoms with Gasteiger partial charge in [0, 0.05) is 34.4 Å². The van der Waals surface area contributed by atoms with Crippen molar-refractivity contribution in [3.63, 3.8) is 0 Å². The fourth-order valence-electron chi connectivity index (χ4n) is 2.94. The van der Waals surface area contributed by atoms with Crippen LogP contribution < -0.4 is 15.4 Å². The second-order valence-corrected chi connectivity index (χ2v) is 7.28. The van der Waals surface area contributed by atoms with Crippen molar-refractivity contribution in [3.05, 3.63) is 29.8 Å². The molecule has 31 heavy (non-hydrogen) atoms. The number of para-hydroxylation sites is 1. The van der Waals surface area contributed by atoms with Crippen LogP contribution in [0.2, 0.25) is 0 Å². The van der Waals surface area contributed by atoms with Crippen LogP contribution in [0, 0.1) is 0 Å². The summed E-state index contributed by atoms with van der Waals surface area (Å²) in [6.07, 6.45) is 0.312. The number of carbonyl (C=O) groups excluding carboxylic acids is 4. The van der Waals surface area contributed by atoms with Crippen molar-refractivity contribution in [1.82, 2.24) is 20.4 Å². The molecule has 0 aliphatic carbocycles. The van der Waals surface area contributed by atoms with Crippen LogP contribution in [0.3, 0.4) is 0 Å². The van der Waals surface area contributed by atoms with Crippen LogP contribution in [0.15, 0.2) is 24.3 Å². The van der Waals surface area contributed by atoms with E-state index in [0.29, 0.717) is 31.9 Å². The fraction of sp³-hybridized carbons (Fsp3) is 0.524. The lowest BCUT2D eigenvalue weighted by Gasteiger charge is -2.25. The third kappa shape index (κ3) is 7.25. The third-order valence-electron chi connectivity index (χ3n) is 4.86. The van der Waals surface area contributed by atoms with E-state index in [4.69, 9.17) is 9.47 Å². The lowest BCUT2D eigenvalue weighted by Crippen LogP contribution is -2.50. The van der Waals surface area contributed by atoms with Gasteiger partial charge in [0.15, 0.2) is 0 Å². The number of rotatable bonds is 5. The van der Waals surface area contributed by atoms with Gasteiger partial charge in [-0.05, 0) is 18.6 Å². The highest BCUT2D eigenvalue weighted by Crippen LogP contribution is 2.18. The summed E-state index contributed by atoms with van der Waals surface area (Å²) in [7, 11) is 4.66. The van der Waals surface area contributed by atoms with E-state index >= 15 is 0 Å². The summed E-state index contributed by atoms with van der Waals surface area (Å²) in [6.45, 7) is 1.14. The minimum Gasteiger partial charge on any atom is -0.491 e. The first kappa shape index (κ1) is 24.1. The molecule has 0 spiro atoms. The normalized spacial score (nSPS) is 18.5. The van der Waals surface area contributed by atoms with Crippen molar-refractivity contribution in [2.75, 3.05) is 54.1 Å². The summed E-state index contributed by atoms with van der Waals surface area (Å²) < 4.78 is 10.7. The molecule has 1 atom stereocenters. The van der Waals surface area contributed by atoms with Crippen LogP contribution in [-0.4, -0.2) is 93.5 Å². The SMILES string of the molecule is COCCCNC(=O)[C@@H]1CC(=O)N(C)CC(=O)N(C)CCOc2ccccc2C(=O)N1. The molecule has 0 radical (unpaired) electrons. The maximum absolute atomic E-state index is 12.9. The van der Waals surface area contributed by atoms with Gasteiger partial charge >= 0.3 is 0 Å². The zero-order valence-corrected chi connectivity index (χ0v) is 18.2. The number of amides is 4. The standard InChI is InChI=1S/C21H30N4O6/c1-24-10-12-31-17-8-5-4-7-15(17)20(28)23-16(21(29)22-9-6-11-30-3)13-18(26)25(2)14-19(24)27/h4-5,7-8,16H,6,9-14H2,1-3H3,(H,22,29)(H,23,28)/t16-/m0/s1. The van der Waals surface area contributed by atoms with Gasteiger partial charge in [-0.2, -0.15) is 0 Å². The van der Waals surface area contributed by atoms with E-state index < -0.39 is 23.8 Å². The molecule has 0 saturated heterocycles. The van der Waals surface area contributed by atoms with Crippen molar-refractivity contribution >= 4 is 23.6 Å². The molecule has 2 N–H and O–H groups in total. The maximum atomic E-state index is 12.9. The van der Waals surface area contributed by atoms with Crippen molar-refractivity contribution in [3.8, 4) is 5.75 Å². The van der Waals surface area contributed by atoms with Gasteiger partial charge in [0.1, 0.15) is 18.4 Å². The smallest absolute Gasteiger partial charge is 0.255 e. The second-order valence-electron chi connectivity index (χ2n) is 7.28. The van der Waals surface area contributed by atoms with Gasteiger partial charge in [-0.15, -0.1) is 0 Å². The number of likely N-dealkylation sites (N-methyl/N-ethyl adjacent to an activating group) is 2. The Morgan fingerprint density at radius 3 is 2.68 bits per heavy atom. The van der Waals surface area contributed by atoms with Gasteiger partial charge in [0.05, 0.1) is 25.1 Å². The molecular weight excluding hydrogens is 404 g/mol. The average Bonchev–Trinajstić information content (AvgIpc) is 2.75. The number of benzene rings is 1. The molecule has 0 bridgehead atoms. The van der Waals surface area contributed by atoms with Gasteiger partial charge in [0.2, 0.25) is 17.7 Å². The van der Waals surface area contributed by atoms with Crippen LogP contribution in [0.4, 0.5) is 0 Å². The molecule has 10 heteroatoms. The van der Waals surface area contributed by atoms with Crippen molar-refractivity contribution < 1.29 is 28.7 Å². The maximum Gasteiger partial charge on any atom is 0.255 e. The first-order chi connectivity index (χ1) is 14.8. The Balaban J connectivity index is 2.26. The van der Waals surface area contributed by atoms with Crippen molar-refractivity contribution in [1.29, 1.82) is 0 Å². The Bertz CT molecular complexity index is 800. The van der Waals surface area contributed by atoms with Gasteiger partial charge in [-0.3, -0.25) is 19.2 Å². The topological polar surface area (TPSA) is 117 Å². The highest BCUT2D eigenvalue weighted by molar-refractivity contribution is 6.00. The molecular formula is C21H30N4O6. The molecule has 2 rings (SSSR count). The van der Waals surface area contributed by atoms with E-state index in [1.165, 1.54) is 16.8 Å². The Labute approximate surface area is 181 Å². The first-order valence-electron chi connectivity index (χ1n) is 10.1. The van der Waals surface area contributed by atoms with E-state index in [2.05, 4.69) is 10.6 Å². The Morgan fingerprint density at radius 2 is 1.94 bits per heavy atom. The predicted molar refractivity (Wildman–Crippen MR) is 113 cm³/mol. The number of fused-ring (bicyclic) bond motifs is 1. The molecule has 0 fully saturated rings. The monoisotopic (exact) mass is 434 g/mol. The molecule has 1 heterocycles. The van der Waals surface area contributed by atoms with E-state index in [0.717, 1.165) is 0 Å². The molecule has 1 aromatic rings. The minimum absolute atomic E-state index is 0.137. The van der Waals surface area contributed by atoms with E-state index in [1.807, 2.05) is 0 Å². The Kier molecular flexibility index (Phi) is 9.26. The van der Waals surface area contributed by atoms with E-state index in [9.17, 15) is 19.2 Å². The van der Waals surface area contributed by atoms with E-state index in [1.54, 1.807) is 38.4 Å². The van der Waals surface area contributed by atoms with Crippen molar-refractivity contribution in [2.24, 2.45) is 0 Å². The summed E-state index contributed by atoms with van der Waals surface area (Å²) in [5.74, 6) is -1.36. The molecule has 4 amide bonds. The Hall–Kier alpha value is -3.14. The molecule has 10 nitrogen and oxygen atoms in total. The van der Waals surface area contributed by atoms with Gasteiger partial charge in [0.25, 0.3) is 5.91 Å². The van der Waals surface area contributed by atoms with Gasteiger partial charge in [-0.1, -0.05) is 12.1 Å². The van der Waals surface area contributed by atoms with Gasteiger partial charge < -0.3 is 29.9 Å². The zero-order valence-electron chi connectivity index (χ0n) is 18.2. The molecule has 1 aliphatic rings. The summed E-state index contributed by atoms with van der Waals surface area (Å²) in [5, 5.41) is 5.34. The number of nitrogens with one attached hydrogen (secondary N) is 2. The molecule has 0 aromatic heterocycles. The number of carbonyl (C=O) groups is 4. The number of hydrogen-bond donors (Lipinski definition) is 2. The number of methoxy groups -OCH3 is 1. The highest BCUT2D eigenvalue weighted by Gasteiger charge is 2.28. The molecule has 170 valence electrons. The number of nitrogens with zero attached hydrogens (tertiary/aromatic N) is 2. The van der Waals surface area contributed by atoms with Crippen LogP contribution in [-0.2, 0) is 19.1 Å². The van der Waals surface area contributed by atoms with Crippen LogP contribution in [0.1, 0.15) is 23.2 Å². The lowest BCUT2D eigenvalue weighted by molar-refractivity contribution is -0.139. The quantitative estimate of drug-likeness (QED) is 0.611. The van der Waals surface area contributed by atoms with Crippen LogP contribution in [0.25, 0.3) is 0 Å². The lowest BCUT2D eigenvalue weighted by atomic mass is 10.1. The zero-order chi connectivity index (χ0) is 22.8. The summed E-state index contributed by atoms with van der Waals surface area (Å²) in [4.78, 5) is 53.3. The summed E-state index contributed by atoms with van der Waals surface area (Å²) >= 11 is 0. The van der Waals surface area contributed by atoms with Gasteiger partial charge in [-0.25, -0.2) is 0 Å². The van der Waals surface area contributed by atoms with E-state index in [-0.39, 0.29) is 31.0 Å². The molecule has 0 saturated carbocycles. The first-order valence-corrected chi connectivity index (χ1v) is 10.1. The third-order valence-corrected chi connectivity index (χ3v) is 4.86. The predicted octanol–water partition coefficient (Wildman–Crippen LogP) is -0.363. The fourth-order valence-corrected chi connectivity index (χ4v) is 2.94. The summed E-state index contributed by atoms with van der Waals surface area (Å²) in [6, 6.07) is 5.52. The Morgan fingerprint density at radius 1 is 1.19 bits per heavy atom. The second kappa shape index (κ2) is 11.9. The van der Waals surface area contributed by atoms with Crippen LogP contribution in [0.5, 0.6) is 5.75 Å². The van der Waals surface area contributed by atoms with Crippen LogP contribution >= 0.6 is 0 Å². The van der Waals surface area contributed by atoms with Crippen molar-refractivity contribution in [2.45, 2.75) is 18.9 Å². The summed E-state index contributed by atoms with van der Waals surface area (Å²) in [5.41, 5.74) is 0.242. The molecule has 1 aromatic carbocycles. The number of hydrogen-bond acceptors (Lipinski definition) is 6. The minimum atomic E-state index is -1.10. The largest absolute Gasteiger partial charge is 0.491 e. The average molecular weight is 434 g/mol. The number of ether oxygens (including phenoxy) is 2. The molecule has 1 aliphatic heterocycles. The molecule has 0 unspecified atom stereocenters.